The van der Waals surface area contributed by atoms with E-state index in [0.717, 1.165) is 24.4 Å². The van der Waals surface area contributed by atoms with E-state index in [-0.39, 0.29) is 0 Å². The average molecular weight is 259 g/mol. The molecule has 2 fully saturated rings. The highest BCUT2D eigenvalue weighted by molar-refractivity contribution is 5.09. The van der Waals surface area contributed by atoms with Gasteiger partial charge in [0.25, 0.3) is 0 Å². The first-order valence-electron chi connectivity index (χ1n) is 7.61. The third-order valence-corrected chi connectivity index (χ3v) is 4.93. The van der Waals surface area contributed by atoms with Gasteiger partial charge in [-0.1, -0.05) is 13.0 Å². The van der Waals surface area contributed by atoms with Crippen molar-refractivity contribution < 1.29 is 0 Å². The van der Waals surface area contributed by atoms with E-state index < -0.39 is 0 Å². The highest BCUT2D eigenvalue weighted by Gasteiger charge is 2.40. The van der Waals surface area contributed by atoms with Crippen LogP contribution in [0.15, 0.2) is 24.5 Å². The molecule has 2 saturated heterocycles. The molecule has 0 aromatic carbocycles. The zero-order valence-corrected chi connectivity index (χ0v) is 12.1. The Bertz CT molecular complexity index is 392. The van der Waals surface area contributed by atoms with Gasteiger partial charge in [-0.05, 0) is 36.8 Å². The van der Waals surface area contributed by atoms with E-state index in [4.69, 9.17) is 0 Å². The molecular weight excluding hydrogens is 234 g/mol. The molecule has 3 atom stereocenters. The summed E-state index contributed by atoms with van der Waals surface area (Å²) < 4.78 is 0. The predicted octanol–water partition coefficient (Wildman–Crippen LogP) is 2.24. The fourth-order valence-electron chi connectivity index (χ4n) is 3.62. The lowest BCUT2D eigenvalue weighted by Gasteiger charge is -2.25. The lowest BCUT2D eigenvalue weighted by atomic mass is 10.0. The predicted molar refractivity (Wildman–Crippen MR) is 77.8 cm³/mol. The summed E-state index contributed by atoms with van der Waals surface area (Å²) in [5.41, 5.74) is 1.35. The first-order chi connectivity index (χ1) is 9.26. The normalized spacial score (nSPS) is 29.6. The van der Waals surface area contributed by atoms with Crippen molar-refractivity contribution in [3.63, 3.8) is 0 Å². The zero-order chi connectivity index (χ0) is 13.2. The lowest BCUT2D eigenvalue weighted by Crippen LogP contribution is -2.34. The minimum Gasteiger partial charge on any atom is -0.300 e. The summed E-state index contributed by atoms with van der Waals surface area (Å²) in [5.74, 6) is 1.79. The molecule has 0 bridgehead atoms. The van der Waals surface area contributed by atoms with E-state index in [0.29, 0.717) is 0 Å². The number of pyridine rings is 1. The molecule has 0 radical (unpaired) electrons. The summed E-state index contributed by atoms with van der Waals surface area (Å²) in [6, 6.07) is 4.99. The monoisotopic (exact) mass is 259 g/mol. The Morgan fingerprint density at radius 3 is 2.58 bits per heavy atom. The Morgan fingerprint density at radius 1 is 1.26 bits per heavy atom. The molecule has 0 unspecified atom stereocenters. The van der Waals surface area contributed by atoms with Crippen LogP contribution in [0.1, 0.15) is 25.8 Å². The van der Waals surface area contributed by atoms with Crippen LogP contribution < -0.4 is 0 Å². The molecule has 2 aliphatic heterocycles. The fraction of sp³-hybridized carbons (Fsp3) is 0.688. The summed E-state index contributed by atoms with van der Waals surface area (Å²) >= 11 is 0. The van der Waals surface area contributed by atoms with Gasteiger partial charge in [-0.15, -0.1) is 0 Å². The first kappa shape index (κ1) is 13.1. The molecule has 0 N–H and O–H groups in total. The number of likely N-dealkylation sites (tertiary alicyclic amines) is 2. The van der Waals surface area contributed by atoms with Gasteiger partial charge in [-0.2, -0.15) is 0 Å². The van der Waals surface area contributed by atoms with Gasteiger partial charge in [-0.25, -0.2) is 0 Å². The summed E-state index contributed by atoms with van der Waals surface area (Å²) in [7, 11) is 0. The van der Waals surface area contributed by atoms with E-state index in [1.807, 2.05) is 18.5 Å². The molecule has 3 rings (SSSR count). The van der Waals surface area contributed by atoms with Crippen LogP contribution in [0, 0.1) is 11.8 Å². The first-order valence-corrected chi connectivity index (χ1v) is 7.61. The minimum atomic E-state index is 0.761. The molecule has 19 heavy (non-hydrogen) atoms. The van der Waals surface area contributed by atoms with E-state index in [1.54, 1.807) is 0 Å². The number of nitrogens with zero attached hydrogens (tertiary/aromatic N) is 3. The zero-order valence-electron chi connectivity index (χ0n) is 12.1. The minimum absolute atomic E-state index is 0.761. The van der Waals surface area contributed by atoms with Crippen molar-refractivity contribution >= 4 is 0 Å². The quantitative estimate of drug-likeness (QED) is 0.826. The van der Waals surface area contributed by atoms with Gasteiger partial charge >= 0.3 is 0 Å². The maximum atomic E-state index is 4.21. The molecule has 3 heteroatoms. The molecular formula is C16H25N3. The smallest absolute Gasteiger partial charge is 0.0312 e. The molecule has 2 aliphatic rings. The molecule has 1 aromatic rings. The Morgan fingerprint density at radius 2 is 2.00 bits per heavy atom. The Balaban J connectivity index is 1.54. The second-order valence-corrected chi connectivity index (χ2v) is 6.29. The van der Waals surface area contributed by atoms with Gasteiger partial charge < -0.3 is 4.90 Å². The van der Waals surface area contributed by atoms with Crippen LogP contribution in [0.3, 0.4) is 0 Å². The van der Waals surface area contributed by atoms with Crippen molar-refractivity contribution in [1.82, 2.24) is 14.8 Å². The van der Waals surface area contributed by atoms with Crippen LogP contribution in [-0.2, 0) is 6.54 Å². The van der Waals surface area contributed by atoms with Crippen molar-refractivity contribution in [2.24, 2.45) is 11.8 Å². The average Bonchev–Trinajstić information content (AvgIpc) is 2.97. The van der Waals surface area contributed by atoms with Crippen LogP contribution in [0.4, 0.5) is 0 Å². The highest BCUT2D eigenvalue weighted by atomic mass is 15.2. The Hall–Kier alpha value is -0.930. The van der Waals surface area contributed by atoms with Gasteiger partial charge in [0.15, 0.2) is 0 Å². The van der Waals surface area contributed by atoms with Gasteiger partial charge in [0.1, 0.15) is 0 Å². The fourth-order valence-corrected chi connectivity index (χ4v) is 3.62. The molecule has 104 valence electrons. The second kappa shape index (κ2) is 5.59. The number of rotatable bonds is 4. The summed E-state index contributed by atoms with van der Waals surface area (Å²) in [6.45, 7) is 10.9. The largest absolute Gasteiger partial charge is 0.300 e. The number of aromatic nitrogens is 1. The molecule has 1 aromatic heterocycles. The van der Waals surface area contributed by atoms with Gasteiger partial charge in [-0.3, -0.25) is 9.88 Å². The Kier molecular flexibility index (Phi) is 3.85. The van der Waals surface area contributed by atoms with E-state index in [1.165, 1.54) is 38.2 Å². The summed E-state index contributed by atoms with van der Waals surface area (Å²) in [5, 5.41) is 0. The van der Waals surface area contributed by atoms with Gasteiger partial charge in [0.2, 0.25) is 0 Å². The van der Waals surface area contributed by atoms with Gasteiger partial charge in [0, 0.05) is 51.2 Å². The molecule has 0 spiro atoms. The van der Waals surface area contributed by atoms with Crippen LogP contribution in [0.2, 0.25) is 0 Å². The van der Waals surface area contributed by atoms with Crippen LogP contribution in [0.25, 0.3) is 0 Å². The summed E-state index contributed by atoms with van der Waals surface area (Å²) in [6.07, 6.45) is 5.13. The van der Waals surface area contributed by atoms with E-state index in [2.05, 4.69) is 34.7 Å². The van der Waals surface area contributed by atoms with E-state index in [9.17, 15) is 0 Å². The van der Waals surface area contributed by atoms with Crippen LogP contribution in [0.5, 0.6) is 0 Å². The summed E-state index contributed by atoms with van der Waals surface area (Å²) in [4.78, 5) is 9.51. The molecule has 3 nitrogen and oxygen atoms in total. The van der Waals surface area contributed by atoms with E-state index >= 15 is 0 Å². The maximum Gasteiger partial charge on any atom is 0.0312 e. The van der Waals surface area contributed by atoms with Gasteiger partial charge in [0.05, 0.1) is 0 Å². The number of hydrogen-bond donors (Lipinski definition) is 0. The molecule has 3 heterocycles. The molecule has 0 aliphatic carbocycles. The SMILES string of the molecule is CC[C@@H](C)N1C[C@H]2CN(Cc3cccnc3)C[C@H]2C1. The maximum absolute atomic E-state index is 4.21. The second-order valence-electron chi connectivity index (χ2n) is 6.29. The Labute approximate surface area is 116 Å². The molecule has 0 amide bonds. The standard InChI is InChI=1S/C16H25N3/c1-3-13(2)19-11-15-9-18(10-16(15)12-19)8-14-5-4-6-17-7-14/h4-7,13,15-16H,3,8-12H2,1-2H3/t13-,15-,16+/m1/s1. The topological polar surface area (TPSA) is 19.4 Å². The molecule has 0 saturated carbocycles. The van der Waals surface area contributed by atoms with Crippen molar-refractivity contribution in [3.8, 4) is 0 Å². The highest BCUT2D eigenvalue weighted by Crippen LogP contribution is 2.33. The number of fused-ring (bicyclic) bond motifs is 1. The third-order valence-electron chi connectivity index (χ3n) is 4.93. The van der Waals surface area contributed by atoms with Crippen LogP contribution >= 0.6 is 0 Å². The van der Waals surface area contributed by atoms with Crippen molar-refractivity contribution in [2.75, 3.05) is 26.2 Å². The van der Waals surface area contributed by atoms with Crippen molar-refractivity contribution in [2.45, 2.75) is 32.9 Å². The van der Waals surface area contributed by atoms with Crippen LogP contribution in [-0.4, -0.2) is 47.0 Å². The lowest BCUT2D eigenvalue weighted by molar-refractivity contribution is 0.207. The van der Waals surface area contributed by atoms with Crippen molar-refractivity contribution in [1.29, 1.82) is 0 Å². The van der Waals surface area contributed by atoms with Crippen molar-refractivity contribution in [3.05, 3.63) is 30.1 Å². The third kappa shape index (κ3) is 2.82. The number of hydrogen-bond acceptors (Lipinski definition) is 3.